The van der Waals surface area contributed by atoms with E-state index in [1.54, 1.807) is 0 Å². The van der Waals surface area contributed by atoms with Gasteiger partial charge < -0.3 is 25.4 Å². The van der Waals surface area contributed by atoms with E-state index in [9.17, 15) is 34.6 Å². The second kappa shape index (κ2) is 12.6. The van der Waals surface area contributed by atoms with Crippen LogP contribution in [0.2, 0.25) is 0 Å². The number of amides is 2. The molecule has 0 radical (unpaired) electrons. The van der Waals surface area contributed by atoms with Crippen LogP contribution in [0.5, 0.6) is 0 Å². The zero-order valence-electron chi connectivity index (χ0n) is 14.0. The number of nitrogens with zero attached hydrogens (tertiary/aromatic N) is 3. The average molecular weight is 395 g/mol. The Hall–Kier alpha value is -3.72. The molecule has 0 aromatic carbocycles. The predicted molar refractivity (Wildman–Crippen MR) is 82.3 cm³/mol. The molecule has 3 N–H and O–H groups in total. The molecule has 2 amide bonds. The van der Waals surface area contributed by atoms with Crippen LogP contribution in [0.25, 0.3) is 0 Å². The van der Waals surface area contributed by atoms with E-state index in [-0.39, 0.29) is 25.1 Å². The zero-order valence-corrected chi connectivity index (χ0v) is 14.0. The molecule has 16 heteroatoms. The number of nitrogens with one attached hydrogen (secondary N) is 2. The molecule has 0 aliphatic carbocycles. The highest BCUT2D eigenvalue weighted by Gasteiger charge is 2.18. The SMILES string of the molecule is C/C(=N\OC(=O)NCCCC(=O)O)C(=O)NC[C@H](CO[N+](=O)[O-])O[N+](=O)[O-]. The zero-order chi connectivity index (χ0) is 20.8. The molecule has 152 valence electrons. The molecule has 0 aromatic heterocycles. The van der Waals surface area contributed by atoms with Gasteiger partial charge >= 0.3 is 12.1 Å². The fourth-order valence-electron chi connectivity index (χ4n) is 1.34. The first-order valence-electron chi connectivity index (χ1n) is 7.19. The fourth-order valence-corrected chi connectivity index (χ4v) is 1.34. The maximum Gasteiger partial charge on any atom is 0.433 e. The number of aliphatic carboxylic acids is 1. The largest absolute Gasteiger partial charge is 0.481 e. The molecule has 0 spiro atoms. The Balaban J connectivity index is 4.33. The molecule has 0 fully saturated rings. The van der Waals surface area contributed by atoms with Gasteiger partial charge in [-0.25, -0.2) is 4.79 Å². The maximum atomic E-state index is 11.7. The van der Waals surface area contributed by atoms with E-state index < -0.39 is 47.4 Å². The van der Waals surface area contributed by atoms with Gasteiger partial charge in [0.2, 0.25) is 0 Å². The Labute approximate surface area is 150 Å². The smallest absolute Gasteiger partial charge is 0.433 e. The molecule has 0 heterocycles. The van der Waals surface area contributed by atoms with Crippen LogP contribution < -0.4 is 10.6 Å². The van der Waals surface area contributed by atoms with E-state index in [2.05, 4.69) is 30.3 Å². The summed E-state index contributed by atoms with van der Waals surface area (Å²) in [7, 11) is 0. The monoisotopic (exact) mass is 395 g/mol. The van der Waals surface area contributed by atoms with Crippen molar-refractivity contribution in [2.75, 3.05) is 19.7 Å². The average Bonchev–Trinajstić information content (AvgIpc) is 2.57. The summed E-state index contributed by atoms with van der Waals surface area (Å²) in [4.78, 5) is 66.0. The van der Waals surface area contributed by atoms with Crippen LogP contribution in [0.1, 0.15) is 19.8 Å². The van der Waals surface area contributed by atoms with Gasteiger partial charge in [0.1, 0.15) is 18.4 Å². The van der Waals surface area contributed by atoms with Gasteiger partial charge in [-0.1, -0.05) is 5.16 Å². The van der Waals surface area contributed by atoms with Crippen LogP contribution in [0.3, 0.4) is 0 Å². The van der Waals surface area contributed by atoms with Crippen LogP contribution in [-0.4, -0.2) is 64.8 Å². The number of oxime groups is 1. The summed E-state index contributed by atoms with van der Waals surface area (Å²) < 4.78 is 0. The topological polar surface area (TPSA) is 222 Å². The summed E-state index contributed by atoms with van der Waals surface area (Å²) in [5, 5.41) is 33.9. The van der Waals surface area contributed by atoms with Crippen molar-refractivity contribution in [3.8, 4) is 0 Å². The minimum atomic E-state index is -1.46. The molecule has 0 rings (SSSR count). The first-order chi connectivity index (χ1) is 12.6. The van der Waals surface area contributed by atoms with Crippen molar-refractivity contribution in [1.29, 1.82) is 0 Å². The quantitative estimate of drug-likeness (QED) is 0.111. The van der Waals surface area contributed by atoms with Crippen LogP contribution in [0.4, 0.5) is 4.79 Å². The normalized spacial score (nSPS) is 11.7. The van der Waals surface area contributed by atoms with Gasteiger partial charge in [-0.05, 0) is 13.3 Å². The number of carbonyl (C=O) groups excluding carboxylic acids is 2. The summed E-state index contributed by atoms with van der Waals surface area (Å²) in [6.45, 7) is -0.159. The summed E-state index contributed by atoms with van der Waals surface area (Å²) in [5.74, 6) is -1.93. The summed E-state index contributed by atoms with van der Waals surface area (Å²) in [5.41, 5.74) is -0.342. The lowest BCUT2D eigenvalue weighted by Gasteiger charge is -2.14. The Kier molecular flexibility index (Phi) is 10.9. The Morgan fingerprint density at radius 3 is 2.41 bits per heavy atom. The van der Waals surface area contributed by atoms with Gasteiger partial charge in [0, 0.05) is 19.5 Å². The van der Waals surface area contributed by atoms with E-state index in [1.165, 1.54) is 0 Å². The third kappa shape index (κ3) is 13.3. The molecule has 0 saturated carbocycles. The Morgan fingerprint density at radius 1 is 1.19 bits per heavy atom. The summed E-state index contributed by atoms with van der Waals surface area (Å²) in [6, 6.07) is 0. The molecular formula is C11H17N5O11. The van der Waals surface area contributed by atoms with E-state index in [0.717, 1.165) is 6.92 Å². The van der Waals surface area contributed by atoms with Gasteiger partial charge in [-0.15, -0.1) is 20.2 Å². The molecule has 0 aliphatic rings. The minimum absolute atomic E-state index is 0.0161. The molecule has 0 saturated heterocycles. The Morgan fingerprint density at radius 2 is 1.85 bits per heavy atom. The van der Waals surface area contributed by atoms with Gasteiger partial charge in [-0.2, -0.15) is 0 Å². The van der Waals surface area contributed by atoms with Crippen LogP contribution in [0, 0.1) is 20.2 Å². The second-order valence-electron chi connectivity index (χ2n) is 4.66. The predicted octanol–water partition coefficient (Wildman–Crippen LogP) is -1.15. The number of carboxylic acids is 1. The standard InChI is InChI=1S/C11H17N5O11/c1-7(14-26-11(20)12-4-2-3-9(17)18)10(19)13-5-8(27-16(23)24)6-25-15(21)22/h8H,2-6H2,1H3,(H,12,20)(H,13,19)(H,17,18)/b14-7+/t8-/m1/s1. The molecule has 27 heavy (non-hydrogen) atoms. The van der Waals surface area contributed by atoms with E-state index in [1.807, 2.05) is 0 Å². The third-order valence-corrected chi connectivity index (χ3v) is 2.52. The lowest BCUT2D eigenvalue weighted by Crippen LogP contribution is -2.40. The first kappa shape index (κ1) is 23.3. The van der Waals surface area contributed by atoms with Gasteiger partial charge in [-0.3, -0.25) is 14.4 Å². The molecular weight excluding hydrogens is 378 g/mol. The van der Waals surface area contributed by atoms with Crippen LogP contribution >= 0.6 is 0 Å². The second-order valence-corrected chi connectivity index (χ2v) is 4.66. The van der Waals surface area contributed by atoms with Gasteiger partial charge in [0.15, 0.2) is 0 Å². The molecule has 16 nitrogen and oxygen atoms in total. The lowest BCUT2D eigenvalue weighted by molar-refractivity contribution is -0.789. The molecule has 0 aliphatic heterocycles. The highest BCUT2D eigenvalue weighted by Crippen LogP contribution is 1.94. The molecule has 0 aromatic rings. The van der Waals surface area contributed by atoms with Crippen molar-refractivity contribution < 1.29 is 44.2 Å². The number of hydrogen-bond acceptors (Lipinski definition) is 11. The van der Waals surface area contributed by atoms with Crippen molar-refractivity contribution in [3.05, 3.63) is 20.2 Å². The molecule has 0 bridgehead atoms. The third-order valence-electron chi connectivity index (χ3n) is 2.52. The number of carbonyl (C=O) groups is 3. The highest BCUT2D eigenvalue weighted by molar-refractivity contribution is 6.37. The van der Waals surface area contributed by atoms with E-state index in [4.69, 9.17) is 5.11 Å². The summed E-state index contributed by atoms with van der Waals surface area (Å²) >= 11 is 0. The number of carboxylic acid groups (broad SMARTS) is 1. The highest BCUT2D eigenvalue weighted by atomic mass is 17.0. The van der Waals surface area contributed by atoms with Crippen LogP contribution in [-0.2, 0) is 24.1 Å². The number of rotatable bonds is 13. The van der Waals surface area contributed by atoms with E-state index in [0.29, 0.717) is 0 Å². The van der Waals surface area contributed by atoms with Crippen molar-refractivity contribution in [1.82, 2.24) is 10.6 Å². The first-order valence-corrected chi connectivity index (χ1v) is 7.19. The fraction of sp³-hybridized carbons (Fsp3) is 0.636. The van der Waals surface area contributed by atoms with Gasteiger partial charge in [0.05, 0.1) is 0 Å². The summed E-state index contributed by atoms with van der Waals surface area (Å²) in [6.07, 6.45) is -2.47. The van der Waals surface area contributed by atoms with Crippen molar-refractivity contribution >= 4 is 23.7 Å². The maximum absolute atomic E-state index is 11.7. The Bertz CT molecular complexity index is 593. The lowest BCUT2D eigenvalue weighted by atomic mass is 10.3. The van der Waals surface area contributed by atoms with Crippen LogP contribution in [0.15, 0.2) is 5.16 Å². The molecule has 0 unspecified atom stereocenters. The van der Waals surface area contributed by atoms with Crippen molar-refractivity contribution in [3.63, 3.8) is 0 Å². The van der Waals surface area contributed by atoms with Gasteiger partial charge in [0.25, 0.3) is 16.1 Å². The van der Waals surface area contributed by atoms with E-state index >= 15 is 0 Å². The molecule has 1 atom stereocenters. The minimum Gasteiger partial charge on any atom is -0.481 e. The van der Waals surface area contributed by atoms with Crippen molar-refractivity contribution in [2.45, 2.75) is 25.9 Å². The van der Waals surface area contributed by atoms with Crippen molar-refractivity contribution in [2.24, 2.45) is 5.16 Å². The number of hydrogen-bond donors (Lipinski definition) is 3.